The zero-order chi connectivity index (χ0) is 15.8. The Bertz CT molecular complexity index is 437. The molecule has 2 amide bonds. The van der Waals surface area contributed by atoms with Crippen LogP contribution in [0.5, 0.6) is 0 Å². The molecule has 1 N–H and O–H groups in total. The van der Waals surface area contributed by atoms with Gasteiger partial charge in [-0.05, 0) is 23.7 Å². The number of likely N-dealkylation sites (tertiary alicyclic amines) is 1. The largest absolute Gasteiger partial charge is 0.480 e. The Kier molecular flexibility index (Phi) is 4.13. The molecule has 2 rings (SSSR count). The number of amides is 2. The van der Waals surface area contributed by atoms with Crippen LogP contribution >= 0.6 is 0 Å². The fourth-order valence-corrected chi connectivity index (χ4v) is 3.83. The van der Waals surface area contributed by atoms with E-state index in [1.807, 2.05) is 0 Å². The van der Waals surface area contributed by atoms with E-state index in [9.17, 15) is 19.5 Å². The van der Waals surface area contributed by atoms with E-state index >= 15 is 0 Å². The summed E-state index contributed by atoms with van der Waals surface area (Å²) >= 11 is 0. The molecule has 118 valence electrons. The number of carbonyl (C=O) groups excluding carboxylic acids is 2. The molecular weight excluding hydrogens is 270 g/mol. The maximum absolute atomic E-state index is 12.5. The number of imide groups is 1. The molecule has 1 atom stereocenters. The molecule has 0 aromatic carbocycles. The van der Waals surface area contributed by atoms with Gasteiger partial charge in [0.05, 0.1) is 0 Å². The summed E-state index contributed by atoms with van der Waals surface area (Å²) in [4.78, 5) is 37.6. The molecule has 1 unspecified atom stereocenters. The van der Waals surface area contributed by atoms with E-state index in [1.165, 1.54) is 0 Å². The van der Waals surface area contributed by atoms with Crippen LogP contribution in [0.3, 0.4) is 0 Å². The quantitative estimate of drug-likeness (QED) is 0.795. The van der Waals surface area contributed by atoms with Gasteiger partial charge in [0, 0.05) is 12.8 Å². The van der Waals surface area contributed by atoms with Crippen LogP contribution in [0.2, 0.25) is 0 Å². The number of aliphatic carboxylic acids is 1. The Hall–Kier alpha value is -1.39. The van der Waals surface area contributed by atoms with Gasteiger partial charge in [-0.15, -0.1) is 0 Å². The van der Waals surface area contributed by atoms with Crippen molar-refractivity contribution in [2.24, 2.45) is 10.8 Å². The average molecular weight is 295 g/mol. The first kappa shape index (κ1) is 16.0. The third-order valence-corrected chi connectivity index (χ3v) is 4.82. The maximum Gasteiger partial charge on any atom is 0.327 e. The van der Waals surface area contributed by atoms with Crippen LogP contribution in [0.4, 0.5) is 0 Å². The lowest BCUT2D eigenvalue weighted by Gasteiger charge is -2.45. The van der Waals surface area contributed by atoms with Gasteiger partial charge >= 0.3 is 5.97 Å². The molecule has 0 aromatic rings. The SMILES string of the molecule is CC(C)(C)C(C(=O)O)N1C(=O)CC2(CCCCC2)CC1=O. The first-order valence-electron chi connectivity index (χ1n) is 7.74. The maximum atomic E-state index is 12.5. The van der Waals surface area contributed by atoms with Crippen molar-refractivity contribution >= 4 is 17.8 Å². The number of piperidine rings is 1. The molecule has 0 radical (unpaired) electrons. The van der Waals surface area contributed by atoms with Gasteiger partial charge < -0.3 is 5.11 Å². The van der Waals surface area contributed by atoms with Crippen molar-refractivity contribution in [2.75, 3.05) is 0 Å². The molecule has 1 heterocycles. The Morgan fingerprint density at radius 2 is 1.57 bits per heavy atom. The molecule has 21 heavy (non-hydrogen) atoms. The van der Waals surface area contributed by atoms with Gasteiger partial charge in [-0.1, -0.05) is 40.0 Å². The van der Waals surface area contributed by atoms with Gasteiger partial charge in [-0.25, -0.2) is 4.79 Å². The smallest absolute Gasteiger partial charge is 0.327 e. The molecule has 1 spiro atoms. The summed E-state index contributed by atoms with van der Waals surface area (Å²) in [5.74, 6) is -1.73. The first-order chi connectivity index (χ1) is 9.66. The average Bonchev–Trinajstić information content (AvgIpc) is 2.32. The van der Waals surface area contributed by atoms with Crippen molar-refractivity contribution in [3.05, 3.63) is 0 Å². The fraction of sp³-hybridized carbons (Fsp3) is 0.812. The highest BCUT2D eigenvalue weighted by molar-refractivity contribution is 6.02. The predicted molar refractivity (Wildman–Crippen MR) is 77.5 cm³/mol. The van der Waals surface area contributed by atoms with Crippen molar-refractivity contribution in [1.82, 2.24) is 4.90 Å². The topological polar surface area (TPSA) is 74.7 Å². The Morgan fingerprint density at radius 1 is 1.10 bits per heavy atom. The highest BCUT2D eigenvalue weighted by Gasteiger charge is 2.50. The second-order valence-corrected chi connectivity index (χ2v) is 7.68. The van der Waals surface area contributed by atoms with Crippen LogP contribution in [0.25, 0.3) is 0 Å². The van der Waals surface area contributed by atoms with Crippen molar-refractivity contribution in [3.8, 4) is 0 Å². The Balaban J connectivity index is 2.25. The molecule has 2 fully saturated rings. The number of hydrogen-bond acceptors (Lipinski definition) is 3. The molecule has 1 saturated carbocycles. The summed E-state index contributed by atoms with van der Waals surface area (Å²) in [5.41, 5.74) is -0.877. The molecular formula is C16H25NO4. The number of carboxylic acid groups (broad SMARTS) is 1. The van der Waals surface area contributed by atoms with E-state index in [4.69, 9.17) is 0 Å². The number of nitrogens with zero attached hydrogens (tertiary/aromatic N) is 1. The minimum absolute atomic E-state index is 0.205. The second-order valence-electron chi connectivity index (χ2n) is 7.68. The van der Waals surface area contributed by atoms with Gasteiger partial charge in [-0.3, -0.25) is 14.5 Å². The van der Waals surface area contributed by atoms with E-state index in [0.29, 0.717) is 12.8 Å². The number of carbonyl (C=O) groups is 3. The summed E-state index contributed by atoms with van der Waals surface area (Å²) < 4.78 is 0. The molecule has 5 heteroatoms. The summed E-state index contributed by atoms with van der Waals surface area (Å²) in [5, 5.41) is 9.45. The van der Waals surface area contributed by atoms with Crippen LogP contribution in [0.1, 0.15) is 65.7 Å². The van der Waals surface area contributed by atoms with Crippen LogP contribution in [0.15, 0.2) is 0 Å². The zero-order valence-electron chi connectivity index (χ0n) is 13.1. The summed E-state index contributed by atoms with van der Waals surface area (Å²) in [7, 11) is 0. The highest BCUT2D eigenvalue weighted by Crippen LogP contribution is 2.46. The van der Waals surface area contributed by atoms with Crippen molar-refractivity contribution in [1.29, 1.82) is 0 Å². The lowest BCUT2D eigenvalue weighted by molar-refractivity contribution is -0.169. The summed E-state index contributed by atoms with van der Waals surface area (Å²) in [6.07, 6.45) is 5.73. The fourth-order valence-electron chi connectivity index (χ4n) is 3.83. The van der Waals surface area contributed by atoms with Gasteiger partial charge in [0.1, 0.15) is 6.04 Å². The van der Waals surface area contributed by atoms with Crippen molar-refractivity contribution in [3.63, 3.8) is 0 Å². The first-order valence-corrected chi connectivity index (χ1v) is 7.74. The highest BCUT2D eigenvalue weighted by atomic mass is 16.4. The lowest BCUT2D eigenvalue weighted by atomic mass is 9.67. The number of carboxylic acids is 1. The third kappa shape index (κ3) is 3.11. The lowest BCUT2D eigenvalue weighted by Crippen LogP contribution is -2.59. The van der Waals surface area contributed by atoms with Crippen molar-refractivity contribution in [2.45, 2.75) is 71.8 Å². The molecule has 2 aliphatic rings. The number of hydrogen-bond donors (Lipinski definition) is 1. The Morgan fingerprint density at radius 3 is 1.95 bits per heavy atom. The summed E-state index contributed by atoms with van der Waals surface area (Å²) in [6.45, 7) is 5.24. The minimum Gasteiger partial charge on any atom is -0.480 e. The van der Waals surface area contributed by atoms with Crippen molar-refractivity contribution < 1.29 is 19.5 Å². The third-order valence-electron chi connectivity index (χ3n) is 4.82. The van der Waals surface area contributed by atoms with Gasteiger partial charge in [0.25, 0.3) is 0 Å². The zero-order valence-corrected chi connectivity index (χ0v) is 13.1. The van der Waals surface area contributed by atoms with Crippen LogP contribution in [-0.2, 0) is 14.4 Å². The molecule has 1 aliphatic carbocycles. The monoisotopic (exact) mass is 295 g/mol. The second kappa shape index (κ2) is 5.43. The molecule has 0 aromatic heterocycles. The minimum atomic E-state index is -1.11. The standard InChI is InChI=1S/C16H25NO4/c1-15(2,3)13(14(20)21)17-11(18)9-16(10-12(17)19)7-5-4-6-8-16/h13H,4-10H2,1-3H3,(H,20,21). The van der Waals surface area contributed by atoms with Gasteiger partial charge in [-0.2, -0.15) is 0 Å². The van der Waals surface area contributed by atoms with Crippen LogP contribution in [-0.4, -0.2) is 33.8 Å². The van der Waals surface area contributed by atoms with E-state index in [-0.39, 0.29) is 17.2 Å². The van der Waals surface area contributed by atoms with E-state index in [1.54, 1.807) is 20.8 Å². The Labute approximate surface area is 125 Å². The molecule has 0 bridgehead atoms. The van der Waals surface area contributed by atoms with E-state index in [0.717, 1.165) is 37.0 Å². The molecule has 1 saturated heterocycles. The van der Waals surface area contributed by atoms with E-state index in [2.05, 4.69) is 0 Å². The summed E-state index contributed by atoms with van der Waals surface area (Å²) in [6, 6.07) is -1.08. The van der Waals surface area contributed by atoms with Crippen LogP contribution in [0, 0.1) is 10.8 Å². The van der Waals surface area contributed by atoms with E-state index < -0.39 is 17.4 Å². The normalized spacial score (nSPS) is 24.2. The number of rotatable bonds is 2. The molecule has 1 aliphatic heterocycles. The predicted octanol–water partition coefficient (Wildman–Crippen LogP) is 2.59. The molecule has 5 nitrogen and oxygen atoms in total. The van der Waals surface area contributed by atoms with Crippen LogP contribution < -0.4 is 0 Å². The van der Waals surface area contributed by atoms with Gasteiger partial charge in [0.15, 0.2) is 0 Å². The van der Waals surface area contributed by atoms with Gasteiger partial charge in [0.2, 0.25) is 11.8 Å².